The van der Waals surface area contributed by atoms with Crippen LogP contribution in [-0.4, -0.2) is 34.7 Å². The van der Waals surface area contributed by atoms with E-state index in [9.17, 15) is 14.0 Å². The summed E-state index contributed by atoms with van der Waals surface area (Å²) in [5.41, 5.74) is 3.71. The maximum absolute atomic E-state index is 13.0. The zero-order chi connectivity index (χ0) is 23.4. The van der Waals surface area contributed by atoms with Crippen molar-refractivity contribution in [3.63, 3.8) is 0 Å². The van der Waals surface area contributed by atoms with Gasteiger partial charge in [-0.25, -0.2) is 9.37 Å². The quantitative estimate of drug-likeness (QED) is 0.517. The number of amides is 1. The van der Waals surface area contributed by atoms with Gasteiger partial charge < -0.3 is 19.6 Å². The second kappa shape index (κ2) is 9.95. The van der Waals surface area contributed by atoms with E-state index in [1.165, 1.54) is 5.56 Å². The lowest BCUT2D eigenvalue weighted by Crippen LogP contribution is -2.26. The first-order valence-corrected chi connectivity index (χ1v) is 10.8. The van der Waals surface area contributed by atoms with Crippen molar-refractivity contribution in [2.24, 2.45) is 0 Å². The number of carbonyl (C=O) groups is 2. The third kappa shape index (κ3) is 5.46. The summed E-state index contributed by atoms with van der Waals surface area (Å²) in [5, 5.41) is 11.6. The van der Waals surface area contributed by atoms with Crippen LogP contribution in [0.3, 0.4) is 0 Å². The summed E-state index contributed by atoms with van der Waals surface area (Å²) in [7, 11) is 0. The Kier molecular flexibility index (Phi) is 6.84. The van der Waals surface area contributed by atoms with Gasteiger partial charge in [0.15, 0.2) is 17.3 Å². The molecule has 7 nitrogen and oxygen atoms in total. The third-order valence-corrected chi connectivity index (χ3v) is 5.77. The molecule has 1 saturated heterocycles. The van der Waals surface area contributed by atoms with Crippen molar-refractivity contribution in [3.05, 3.63) is 71.4 Å². The number of carbonyl (C=O) groups excluding carboxylic acids is 1. The van der Waals surface area contributed by atoms with Gasteiger partial charge in [-0.3, -0.25) is 9.59 Å². The Hall–Kier alpha value is -3.52. The second-order valence-electron chi connectivity index (χ2n) is 8.12. The minimum atomic E-state index is -0.894. The fourth-order valence-corrected chi connectivity index (χ4v) is 4.05. The van der Waals surface area contributed by atoms with Crippen molar-refractivity contribution in [1.82, 2.24) is 4.98 Å². The van der Waals surface area contributed by atoms with Gasteiger partial charge in [0, 0.05) is 18.5 Å². The minimum Gasteiger partial charge on any atom is -0.481 e. The Morgan fingerprint density at radius 1 is 1.09 bits per heavy atom. The Morgan fingerprint density at radius 2 is 1.76 bits per heavy atom. The van der Waals surface area contributed by atoms with Gasteiger partial charge in [0.25, 0.3) is 5.91 Å². The monoisotopic (exact) mass is 452 g/mol. The molecule has 1 fully saturated rings. The Bertz CT molecular complexity index is 1120. The number of nitrogens with one attached hydrogen (secondary N) is 1. The van der Waals surface area contributed by atoms with Crippen molar-refractivity contribution in [2.75, 3.05) is 11.9 Å². The van der Waals surface area contributed by atoms with Crippen molar-refractivity contribution in [2.45, 2.75) is 44.9 Å². The predicted octanol–water partition coefficient (Wildman–Crippen LogP) is 5.11. The number of benzene rings is 2. The highest BCUT2D eigenvalue weighted by molar-refractivity contribution is 6.03. The molecule has 172 valence electrons. The van der Waals surface area contributed by atoms with Gasteiger partial charge in [0.05, 0.1) is 19.1 Å². The van der Waals surface area contributed by atoms with Crippen LogP contribution in [0.25, 0.3) is 11.1 Å². The highest BCUT2D eigenvalue weighted by Crippen LogP contribution is 2.31. The first-order chi connectivity index (χ1) is 15.9. The Labute approximate surface area is 190 Å². The Balaban J connectivity index is 1.37. The number of anilines is 1. The molecule has 2 aromatic carbocycles. The number of ether oxygens (including phenoxy) is 1. The largest absolute Gasteiger partial charge is 0.481 e. The van der Waals surface area contributed by atoms with E-state index in [0.29, 0.717) is 12.3 Å². The van der Waals surface area contributed by atoms with Crippen LogP contribution in [0.4, 0.5) is 10.1 Å². The molecular formula is C25H25FN2O5. The Morgan fingerprint density at radius 3 is 2.33 bits per heavy atom. The molecule has 1 amide bonds. The zero-order valence-electron chi connectivity index (χ0n) is 18.2. The molecule has 0 radical (unpaired) electrons. The van der Waals surface area contributed by atoms with Gasteiger partial charge in [-0.05, 0) is 41.7 Å². The predicted molar refractivity (Wildman–Crippen MR) is 120 cm³/mol. The molecule has 2 unspecified atom stereocenters. The first kappa shape index (κ1) is 22.7. The van der Waals surface area contributed by atoms with E-state index in [-0.39, 0.29) is 35.8 Å². The topological polar surface area (TPSA) is 102 Å². The van der Waals surface area contributed by atoms with Gasteiger partial charge in [-0.2, -0.15) is 0 Å². The molecule has 1 aliphatic heterocycles. The SMILES string of the molecule is Cc1nc(C(=O)Nc2ccc(-c3ccc(C4CCC(CC(=O)O)OC4)cc3)cc2)c(CF)o1. The second-order valence-corrected chi connectivity index (χ2v) is 8.12. The van der Waals surface area contributed by atoms with E-state index in [2.05, 4.69) is 22.4 Å². The van der Waals surface area contributed by atoms with Crippen LogP contribution in [0.1, 0.15) is 52.9 Å². The molecule has 33 heavy (non-hydrogen) atoms. The highest BCUT2D eigenvalue weighted by atomic mass is 19.1. The number of aliphatic carboxylic acids is 1. The number of nitrogens with zero attached hydrogens (tertiary/aromatic N) is 1. The number of aryl methyl sites for hydroxylation is 1. The van der Waals surface area contributed by atoms with Crippen molar-refractivity contribution >= 4 is 17.6 Å². The van der Waals surface area contributed by atoms with E-state index in [4.69, 9.17) is 14.3 Å². The molecule has 0 spiro atoms. The molecule has 0 saturated carbocycles. The molecule has 0 bridgehead atoms. The van der Waals surface area contributed by atoms with Gasteiger partial charge >= 0.3 is 5.97 Å². The van der Waals surface area contributed by atoms with Crippen molar-refractivity contribution in [1.29, 1.82) is 0 Å². The third-order valence-electron chi connectivity index (χ3n) is 5.77. The minimum absolute atomic E-state index is 0.0457. The van der Waals surface area contributed by atoms with Crippen LogP contribution in [0.2, 0.25) is 0 Å². The lowest BCUT2D eigenvalue weighted by molar-refractivity contribution is -0.141. The van der Waals surface area contributed by atoms with Crippen LogP contribution in [-0.2, 0) is 16.2 Å². The van der Waals surface area contributed by atoms with Crippen LogP contribution < -0.4 is 5.32 Å². The summed E-state index contributed by atoms with van der Waals surface area (Å²) in [6.07, 6.45) is 1.50. The number of rotatable bonds is 7. The van der Waals surface area contributed by atoms with E-state index in [0.717, 1.165) is 24.0 Å². The lowest BCUT2D eigenvalue weighted by atomic mass is 9.89. The summed E-state index contributed by atoms with van der Waals surface area (Å²) in [6.45, 7) is 1.20. The summed E-state index contributed by atoms with van der Waals surface area (Å²) >= 11 is 0. The molecule has 8 heteroatoms. The highest BCUT2D eigenvalue weighted by Gasteiger charge is 2.24. The summed E-state index contributed by atoms with van der Waals surface area (Å²) in [5.74, 6) is -0.923. The number of hydrogen-bond acceptors (Lipinski definition) is 5. The zero-order valence-corrected chi connectivity index (χ0v) is 18.2. The van der Waals surface area contributed by atoms with Crippen molar-refractivity contribution < 1.29 is 28.2 Å². The number of oxazole rings is 1. The molecule has 1 aromatic heterocycles. The number of aromatic nitrogens is 1. The molecule has 3 aromatic rings. The average Bonchev–Trinajstić information content (AvgIpc) is 3.21. The van der Waals surface area contributed by atoms with E-state index >= 15 is 0 Å². The summed E-state index contributed by atoms with van der Waals surface area (Å²) in [4.78, 5) is 27.2. The maximum atomic E-state index is 13.0. The van der Waals surface area contributed by atoms with Gasteiger partial charge in [-0.15, -0.1) is 0 Å². The number of alkyl halides is 1. The van der Waals surface area contributed by atoms with Crippen LogP contribution in [0.15, 0.2) is 52.9 Å². The lowest BCUT2D eigenvalue weighted by Gasteiger charge is -2.28. The summed E-state index contributed by atoms with van der Waals surface area (Å²) < 4.78 is 23.8. The molecule has 2 atom stereocenters. The fraction of sp³-hybridized carbons (Fsp3) is 0.320. The normalized spacial score (nSPS) is 18.1. The van der Waals surface area contributed by atoms with Gasteiger partial charge in [-0.1, -0.05) is 36.4 Å². The summed E-state index contributed by atoms with van der Waals surface area (Å²) in [6, 6.07) is 15.6. The van der Waals surface area contributed by atoms with Crippen LogP contribution in [0, 0.1) is 6.92 Å². The number of hydrogen-bond donors (Lipinski definition) is 2. The first-order valence-electron chi connectivity index (χ1n) is 10.8. The molecule has 2 heterocycles. The fourth-order valence-electron chi connectivity index (χ4n) is 4.05. The molecule has 0 aliphatic carbocycles. The maximum Gasteiger partial charge on any atom is 0.305 e. The molecule has 2 N–H and O–H groups in total. The van der Waals surface area contributed by atoms with Gasteiger partial charge in [0.1, 0.15) is 6.67 Å². The van der Waals surface area contributed by atoms with Gasteiger partial charge in [0.2, 0.25) is 0 Å². The molecule has 4 rings (SSSR count). The number of carboxylic acids is 1. The number of carboxylic acid groups (broad SMARTS) is 1. The van der Waals surface area contributed by atoms with E-state index < -0.39 is 18.6 Å². The number of halogens is 1. The average molecular weight is 452 g/mol. The van der Waals surface area contributed by atoms with E-state index in [1.54, 1.807) is 19.1 Å². The smallest absolute Gasteiger partial charge is 0.305 e. The van der Waals surface area contributed by atoms with Crippen LogP contribution in [0.5, 0.6) is 0 Å². The molecular weight excluding hydrogens is 427 g/mol. The van der Waals surface area contributed by atoms with Crippen molar-refractivity contribution in [3.8, 4) is 11.1 Å². The van der Waals surface area contributed by atoms with Crippen LogP contribution >= 0.6 is 0 Å². The molecule has 1 aliphatic rings. The standard InChI is InChI=1S/C25H25FN2O5/c1-15-27-24(22(13-26)33-15)25(31)28-20-9-6-17(7-10-20)16-2-4-18(5-3-16)19-8-11-21(32-14-19)12-23(29)30/h2-7,9-10,19,21H,8,11-14H2,1H3,(H,28,31)(H,29,30). The van der Waals surface area contributed by atoms with E-state index in [1.807, 2.05) is 24.3 Å².